The number of hydrogen-bond acceptors (Lipinski definition) is 0. The Morgan fingerprint density at radius 1 is 0.500 bits per heavy atom. The molecule has 0 amide bonds. The number of halogens is 10. The Labute approximate surface area is 101 Å². The van der Waals surface area contributed by atoms with E-state index in [-0.39, 0.29) is 49.6 Å². The summed E-state index contributed by atoms with van der Waals surface area (Å²) in [5.74, 6) is 0. The minimum absolute atomic E-state index is 0. The molecule has 0 saturated carbocycles. The fourth-order valence-electron chi connectivity index (χ4n) is 0.283. The zero-order valence-corrected chi connectivity index (χ0v) is 9.22. The summed E-state index contributed by atoms with van der Waals surface area (Å²) in [5.41, 5.74) is 0. The van der Waals surface area contributed by atoms with E-state index in [1.54, 1.807) is 0 Å². The van der Waals surface area contributed by atoms with Crippen molar-refractivity contribution in [2.24, 2.45) is 0 Å². The highest BCUT2D eigenvalue weighted by Gasteiger charge is 2.35. The molecule has 0 spiro atoms. The molecule has 0 aromatic carbocycles. The van der Waals surface area contributed by atoms with E-state index in [9.17, 15) is 26.3 Å². The molecule has 0 aliphatic heterocycles. The average molecular weight is 308 g/mol. The first-order valence-corrected chi connectivity index (χ1v) is 2.34. The maximum atomic E-state index is 11.1. The zero-order valence-electron chi connectivity index (χ0n) is 6.19. The van der Waals surface area contributed by atoms with Crippen molar-refractivity contribution >= 4 is 0 Å². The summed E-state index contributed by atoms with van der Waals surface area (Å²) < 4.78 is 66.5. The molecule has 0 N–H and O–H groups in total. The maximum absolute atomic E-state index is 11.1. The van der Waals surface area contributed by atoms with E-state index in [4.69, 9.17) is 0 Å². The summed E-state index contributed by atoms with van der Waals surface area (Å²) in [6.07, 6.45) is -13.0. The standard InChI is InChI=1S/C4H4F6.4ClH/c5-3(6,7)1-2-4(8,9)10;;;;/h1-2H2;4*1H/p-4. The second kappa shape index (κ2) is 10.3. The van der Waals surface area contributed by atoms with Crippen LogP contribution in [0.1, 0.15) is 12.8 Å². The van der Waals surface area contributed by atoms with Crippen LogP contribution in [0, 0.1) is 0 Å². The molecular weight excluding hydrogens is 304 g/mol. The SMILES string of the molecule is FC(F)(F)CCC(F)(F)F.[Cl-].[Cl-].[Cl-].[Cl-]. The van der Waals surface area contributed by atoms with Gasteiger partial charge in [0.2, 0.25) is 0 Å². The third kappa shape index (κ3) is 29.3. The Morgan fingerprint density at radius 3 is 0.714 bits per heavy atom. The lowest BCUT2D eigenvalue weighted by Gasteiger charge is -2.07. The van der Waals surface area contributed by atoms with Crippen molar-refractivity contribution in [3.05, 3.63) is 0 Å². The Morgan fingerprint density at radius 2 is 0.643 bits per heavy atom. The van der Waals surface area contributed by atoms with Crippen LogP contribution in [0.25, 0.3) is 0 Å². The fourth-order valence-corrected chi connectivity index (χ4v) is 0.283. The van der Waals surface area contributed by atoms with E-state index in [0.29, 0.717) is 0 Å². The van der Waals surface area contributed by atoms with Gasteiger partial charge in [0.1, 0.15) is 0 Å². The average Bonchev–Trinajstić information content (AvgIpc) is 1.57. The summed E-state index contributed by atoms with van der Waals surface area (Å²) in [6, 6.07) is 0. The van der Waals surface area contributed by atoms with Crippen LogP contribution in [0.3, 0.4) is 0 Å². The highest BCUT2D eigenvalue weighted by molar-refractivity contribution is 4.56. The van der Waals surface area contributed by atoms with Gasteiger partial charge in [0.05, 0.1) is 12.8 Å². The van der Waals surface area contributed by atoms with Gasteiger partial charge in [-0.05, 0) is 0 Å². The normalized spacial score (nSPS) is 9.86. The summed E-state index contributed by atoms with van der Waals surface area (Å²) >= 11 is 0. The largest absolute Gasteiger partial charge is 1.00 e. The molecular formula is C4H4Cl4F6-4. The summed E-state index contributed by atoms with van der Waals surface area (Å²) in [5, 5.41) is 0. The molecule has 0 aliphatic rings. The van der Waals surface area contributed by atoms with E-state index < -0.39 is 25.2 Å². The van der Waals surface area contributed by atoms with E-state index in [2.05, 4.69) is 0 Å². The third-order valence-corrected chi connectivity index (χ3v) is 0.692. The minimum Gasteiger partial charge on any atom is -1.00 e. The second-order valence-electron chi connectivity index (χ2n) is 1.73. The van der Waals surface area contributed by atoms with E-state index >= 15 is 0 Å². The smallest absolute Gasteiger partial charge is 0.389 e. The molecule has 0 nitrogen and oxygen atoms in total. The monoisotopic (exact) mass is 306 g/mol. The molecule has 0 rings (SSSR count). The number of hydrogen-bond donors (Lipinski definition) is 0. The molecule has 14 heavy (non-hydrogen) atoms. The molecule has 0 aromatic heterocycles. The predicted octanol–water partition coefficient (Wildman–Crippen LogP) is -9.09. The van der Waals surface area contributed by atoms with Gasteiger partial charge in [-0.15, -0.1) is 0 Å². The quantitative estimate of drug-likeness (QED) is 0.422. The van der Waals surface area contributed by atoms with Crippen LogP contribution in [-0.2, 0) is 0 Å². The number of rotatable bonds is 1. The van der Waals surface area contributed by atoms with Crippen molar-refractivity contribution in [2.75, 3.05) is 0 Å². The lowest BCUT2D eigenvalue weighted by Crippen LogP contribution is -3.00. The lowest BCUT2D eigenvalue weighted by molar-refractivity contribution is -0.183. The van der Waals surface area contributed by atoms with E-state index in [1.165, 1.54) is 0 Å². The Bertz CT molecular complexity index is 95.4. The van der Waals surface area contributed by atoms with Gasteiger partial charge in [0.15, 0.2) is 0 Å². The molecule has 0 saturated heterocycles. The number of alkyl halides is 6. The van der Waals surface area contributed by atoms with Gasteiger partial charge in [-0.25, -0.2) is 0 Å². The van der Waals surface area contributed by atoms with E-state index in [1.807, 2.05) is 0 Å². The van der Waals surface area contributed by atoms with Crippen LogP contribution in [-0.4, -0.2) is 12.4 Å². The van der Waals surface area contributed by atoms with Gasteiger partial charge < -0.3 is 49.6 Å². The first-order chi connectivity index (χ1) is 4.21. The Balaban J connectivity index is -0.0000000675. The lowest BCUT2D eigenvalue weighted by atomic mass is 10.3. The van der Waals surface area contributed by atoms with Gasteiger partial charge in [-0.3, -0.25) is 0 Å². The van der Waals surface area contributed by atoms with Crippen molar-refractivity contribution in [1.82, 2.24) is 0 Å². The van der Waals surface area contributed by atoms with Crippen molar-refractivity contribution in [3.63, 3.8) is 0 Å². The van der Waals surface area contributed by atoms with E-state index in [0.717, 1.165) is 0 Å². The van der Waals surface area contributed by atoms with Crippen LogP contribution >= 0.6 is 0 Å². The van der Waals surface area contributed by atoms with Gasteiger partial charge in [0.25, 0.3) is 0 Å². The van der Waals surface area contributed by atoms with Crippen LogP contribution in [0.5, 0.6) is 0 Å². The maximum Gasteiger partial charge on any atom is 0.389 e. The van der Waals surface area contributed by atoms with Crippen LogP contribution in [0.2, 0.25) is 0 Å². The molecule has 10 heteroatoms. The summed E-state index contributed by atoms with van der Waals surface area (Å²) in [6.45, 7) is 0. The highest BCUT2D eigenvalue weighted by atomic mass is 35.5. The summed E-state index contributed by atoms with van der Waals surface area (Å²) in [4.78, 5) is 0. The molecule has 0 unspecified atom stereocenters. The molecule has 0 bridgehead atoms. The summed E-state index contributed by atoms with van der Waals surface area (Å²) in [7, 11) is 0. The topological polar surface area (TPSA) is 0 Å². The fraction of sp³-hybridized carbons (Fsp3) is 1.00. The van der Waals surface area contributed by atoms with Crippen molar-refractivity contribution in [3.8, 4) is 0 Å². The molecule has 94 valence electrons. The molecule has 0 fully saturated rings. The van der Waals surface area contributed by atoms with Gasteiger partial charge in [0, 0.05) is 0 Å². The molecule has 0 heterocycles. The van der Waals surface area contributed by atoms with Crippen LogP contribution < -0.4 is 49.6 Å². The second-order valence-corrected chi connectivity index (χ2v) is 1.73. The predicted molar refractivity (Wildman–Crippen MR) is 21.3 cm³/mol. The Hall–Kier alpha value is 0.740. The van der Waals surface area contributed by atoms with Gasteiger partial charge >= 0.3 is 12.4 Å². The Kier molecular flexibility index (Phi) is 21.5. The van der Waals surface area contributed by atoms with Gasteiger partial charge in [-0.2, -0.15) is 26.3 Å². The van der Waals surface area contributed by atoms with Crippen LogP contribution in [0.15, 0.2) is 0 Å². The molecule has 0 aromatic rings. The molecule has 0 aliphatic carbocycles. The first-order valence-electron chi connectivity index (χ1n) is 2.34. The highest BCUT2D eigenvalue weighted by Crippen LogP contribution is 2.29. The van der Waals surface area contributed by atoms with Crippen LogP contribution in [0.4, 0.5) is 26.3 Å². The molecule has 0 radical (unpaired) electrons. The minimum atomic E-state index is -4.71. The third-order valence-electron chi connectivity index (χ3n) is 0.692. The van der Waals surface area contributed by atoms with Crippen molar-refractivity contribution in [2.45, 2.75) is 25.2 Å². The van der Waals surface area contributed by atoms with Crippen molar-refractivity contribution in [1.29, 1.82) is 0 Å². The molecule has 0 atom stereocenters. The van der Waals surface area contributed by atoms with Crippen molar-refractivity contribution < 1.29 is 76.0 Å². The zero-order chi connectivity index (χ0) is 8.41. The van der Waals surface area contributed by atoms with Gasteiger partial charge in [-0.1, -0.05) is 0 Å². The first kappa shape index (κ1) is 29.3.